The summed E-state index contributed by atoms with van der Waals surface area (Å²) in [7, 11) is 0. The highest BCUT2D eigenvalue weighted by molar-refractivity contribution is 5.95. The lowest BCUT2D eigenvalue weighted by atomic mass is 9.91. The molecule has 2 atom stereocenters. The molecule has 2 aromatic carbocycles. The second kappa shape index (κ2) is 9.02. The van der Waals surface area contributed by atoms with Crippen molar-refractivity contribution in [2.45, 2.75) is 64.9 Å². The van der Waals surface area contributed by atoms with Gasteiger partial charge >= 0.3 is 5.97 Å². The molecule has 0 spiro atoms. The van der Waals surface area contributed by atoms with E-state index < -0.39 is 0 Å². The third kappa shape index (κ3) is 4.17. The van der Waals surface area contributed by atoms with Crippen LogP contribution >= 0.6 is 0 Å². The molecular weight excluding hydrogens is 320 g/mol. The highest BCUT2D eigenvalue weighted by Gasteiger charge is 2.25. The first kappa shape index (κ1) is 18.7. The number of hydrogen-bond acceptors (Lipinski definition) is 2. The Labute approximate surface area is 157 Å². The third-order valence-corrected chi connectivity index (χ3v) is 5.35. The van der Waals surface area contributed by atoms with Crippen molar-refractivity contribution < 1.29 is 9.53 Å². The SMILES string of the molecule is CCCCCCC(CCC)C(=O)OC1C=Cc2cccc3cccc1c23. The van der Waals surface area contributed by atoms with Gasteiger partial charge in [0.2, 0.25) is 0 Å². The second-order valence-corrected chi connectivity index (χ2v) is 7.34. The van der Waals surface area contributed by atoms with Crippen LogP contribution in [-0.4, -0.2) is 5.97 Å². The summed E-state index contributed by atoms with van der Waals surface area (Å²) in [6.07, 6.45) is 11.5. The van der Waals surface area contributed by atoms with Gasteiger partial charge < -0.3 is 4.74 Å². The lowest BCUT2D eigenvalue weighted by Crippen LogP contribution is -2.20. The van der Waals surface area contributed by atoms with Crippen LogP contribution in [0.15, 0.2) is 42.5 Å². The number of benzene rings is 2. The second-order valence-electron chi connectivity index (χ2n) is 7.34. The van der Waals surface area contributed by atoms with Crippen LogP contribution in [0.4, 0.5) is 0 Å². The molecular formula is C24H30O2. The predicted octanol–water partition coefficient (Wildman–Crippen LogP) is 6.84. The summed E-state index contributed by atoms with van der Waals surface area (Å²) in [5.74, 6) is -0.00369. The topological polar surface area (TPSA) is 26.3 Å². The van der Waals surface area contributed by atoms with Crippen molar-refractivity contribution in [1.82, 2.24) is 0 Å². The molecule has 0 heterocycles. The normalized spacial score (nSPS) is 16.6. The van der Waals surface area contributed by atoms with Crippen LogP contribution in [0.25, 0.3) is 16.8 Å². The zero-order chi connectivity index (χ0) is 18.4. The maximum atomic E-state index is 12.8. The monoisotopic (exact) mass is 350 g/mol. The quantitative estimate of drug-likeness (QED) is 0.365. The van der Waals surface area contributed by atoms with E-state index in [1.54, 1.807) is 0 Å². The first-order valence-corrected chi connectivity index (χ1v) is 10.1. The molecule has 3 rings (SSSR count). The average molecular weight is 351 g/mol. The molecule has 0 radical (unpaired) electrons. The Hall–Kier alpha value is -2.09. The first-order valence-electron chi connectivity index (χ1n) is 10.1. The van der Waals surface area contributed by atoms with E-state index >= 15 is 0 Å². The van der Waals surface area contributed by atoms with Crippen LogP contribution < -0.4 is 0 Å². The number of carbonyl (C=O) groups excluding carboxylic acids is 1. The minimum absolute atomic E-state index is 0.0293. The Balaban J connectivity index is 1.72. The largest absolute Gasteiger partial charge is 0.453 e. The van der Waals surface area contributed by atoms with Gasteiger partial charge in [0, 0.05) is 5.56 Å². The van der Waals surface area contributed by atoms with Gasteiger partial charge in [-0.15, -0.1) is 0 Å². The van der Waals surface area contributed by atoms with Gasteiger partial charge in [-0.2, -0.15) is 0 Å². The molecule has 1 aliphatic rings. The average Bonchev–Trinajstić information content (AvgIpc) is 2.66. The summed E-state index contributed by atoms with van der Waals surface area (Å²) in [4.78, 5) is 12.8. The standard InChI is InChI=1S/C24H30O2/c1-3-5-6-7-11-20(10-4-2)24(25)26-22-17-16-19-13-8-12-18-14-9-15-21(22)23(18)19/h8-9,12-17,20,22H,3-7,10-11H2,1-2H3. The molecule has 0 amide bonds. The third-order valence-electron chi connectivity index (χ3n) is 5.35. The summed E-state index contributed by atoms with van der Waals surface area (Å²) in [5, 5.41) is 2.42. The van der Waals surface area contributed by atoms with E-state index in [4.69, 9.17) is 4.74 Å². The van der Waals surface area contributed by atoms with Crippen molar-refractivity contribution >= 4 is 22.8 Å². The van der Waals surface area contributed by atoms with E-state index in [0.29, 0.717) is 0 Å². The van der Waals surface area contributed by atoms with Crippen molar-refractivity contribution in [2.75, 3.05) is 0 Å². The van der Waals surface area contributed by atoms with Crippen molar-refractivity contribution in [2.24, 2.45) is 5.92 Å². The summed E-state index contributed by atoms with van der Waals surface area (Å²) in [6.45, 7) is 4.36. The molecule has 0 fully saturated rings. The summed E-state index contributed by atoms with van der Waals surface area (Å²) in [6, 6.07) is 12.6. The number of ether oxygens (including phenoxy) is 1. The summed E-state index contributed by atoms with van der Waals surface area (Å²) >= 11 is 0. The number of hydrogen-bond donors (Lipinski definition) is 0. The Morgan fingerprint density at radius 3 is 2.58 bits per heavy atom. The fourth-order valence-electron chi connectivity index (χ4n) is 3.94. The first-order chi connectivity index (χ1) is 12.7. The van der Waals surface area contributed by atoms with Gasteiger partial charge in [0.25, 0.3) is 0 Å². The lowest BCUT2D eigenvalue weighted by molar-refractivity contribution is -0.152. The van der Waals surface area contributed by atoms with Crippen LogP contribution in [0.5, 0.6) is 0 Å². The smallest absolute Gasteiger partial charge is 0.309 e. The van der Waals surface area contributed by atoms with Crippen molar-refractivity contribution in [3.05, 3.63) is 53.6 Å². The highest BCUT2D eigenvalue weighted by atomic mass is 16.5. The summed E-state index contributed by atoms with van der Waals surface area (Å²) < 4.78 is 5.98. The van der Waals surface area contributed by atoms with Crippen LogP contribution in [0.2, 0.25) is 0 Å². The maximum absolute atomic E-state index is 12.8. The Kier molecular flexibility index (Phi) is 6.49. The number of carbonyl (C=O) groups is 1. The van der Waals surface area contributed by atoms with E-state index in [1.165, 1.54) is 35.6 Å². The molecule has 0 aromatic heterocycles. The molecule has 2 unspecified atom stereocenters. The minimum atomic E-state index is -0.268. The maximum Gasteiger partial charge on any atom is 0.309 e. The Bertz CT molecular complexity index is 770. The number of unbranched alkanes of at least 4 members (excludes halogenated alkanes) is 3. The molecule has 2 nitrogen and oxygen atoms in total. The van der Waals surface area contributed by atoms with Crippen LogP contribution in [0, 0.1) is 5.92 Å². The molecule has 0 saturated heterocycles. The minimum Gasteiger partial charge on any atom is -0.453 e. The number of rotatable bonds is 9. The molecule has 2 aromatic rings. The van der Waals surface area contributed by atoms with Crippen LogP contribution in [0.3, 0.4) is 0 Å². The zero-order valence-electron chi connectivity index (χ0n) is 16.0. The van der Waals surface area contributed by atoms with Crippen molar-refractivity contribution in [1.29, 1.82) is 0 Å². The van der Waals surface area contributed by atoms with Crippen molar-refractivity contribution in [3.63, 3.8) is 0 Å². The lowest BCUT2D eigenvalue weighted by Gasteiger charge is -2.24. The van der Waals surface area contributed by atoms with Gasteiger partial charge in [-0.05, 0) is 35.3 Å². The predicted molar refractivity (Wildman–Crippen MR) is 109 cm³/mol. The molecule has 2 heteroatoms. The number of esters is 1. The van der Waals surface area contributed by atoms with E-state index in [1.807, 2.05) is 6.08 Å². The fourth-order valence-corrected chi connectivity index (χ4v) is 3.94. The van der Waals surface area contributed by atoms with Gasteiger partial charge in [0.05, 0.1) is 5.92 Å². The van der Waals surface area contributed by atoms with Crippen LogP contribution in [0.1, 0.15) is 76.0 Å². The van der Waals surface area contributed by atoms with Crippen molar-refractivity contribution in [3.8, 4) is 0 Å². The molecule has 0 aliphatic heterocycles. The van der Waals surface area contributed by atoms with E-state index in [9.17, 15) is 4.79 Å². The highest BCUT2D eigenvalue weighted by Crippen LogP contribution is 2.36. The molecule has 0 bridgehead atoms. The molecule has 1 aliphatic carbocycles. The molecule has 0 saturated carbocycles. The molecule has 138 valence electrons. The van der Waals surface area contributed by atoms with E-state index in [0.717, 1.165) is 31.2 Å². The Morgan fingerprint density at radius 2 is 1.81 bits per heavy atom. The van der Waals surface area contributed by atoms with Gasteiger partial charge in [-0.25, -0.2) is 0 Å². The Morgan fingerprint density at radius 1 is 1.00 bits per heavy atom. The molecule has 26 heavy (non-hydrogen) atoms. The fraction of sp³-hybridized carbons (Fsp3) is 0.458. The molecule has 0 N–H and O–H groups in total. The van der Waals surface area contributed by atoms with Crippen LogP contribution in [-0.2, 0) is 9.53 Å². The van der Waals surface area contributed by atoms with Gasteiger partial charge in [-0.1, -0.05) is 88.4 Å². The van der Waals surface area contributed by atoms with E-state index in [-0.39, 0.29) is 18.0 Å². The van der Waals surface area contributed by atoms with E-state index in [2.05, 4.69) is 56.3 Å². The van der Waals surface area contributed by atoms with Gasteiger partial charge in [-0.3, -0.25) is 4.79 Å². The van der Waals surface area contributed by atoms with Gasteiger partial charge in [0.1, 0.15) is 6.10 Å². The van der Waals surface area contributed by atoms with Gasteiger partial charge in [0.15, 0.2) is 0 Å². The zero-order valence-corrected chi connectivity index (χ0v) is 16.0. The summed E-state index contributed by atoms with van der Waals surface area (Å²) in [5.41, 5.74) is 2.31.